The Morgan fingerprint density at radius 3 is 1.08 bits per heavy atom. The monoisotopic (exact) mass is 516 g/mol. The summed E-state index contributed by atoms with van der Waals surface area (Å²) in [6.07, 6.45) is 2.84. The third-order valence-corrected chi connectivity index (χ3v) is 6.63. The van der Waals surface area contributed by atoms with Crippen molar-refractivity contribution in [3.05, 3.63) is 91.4 Å². The number of rotatable bonds is 9. The van der Waals surface area contributed by atoms with Crippen molar-refractivity contribution in [3.8, 4) is 0 Å². The predicted molar refractivity (Wildman–Crippen MR) is 156 cm³/mol. The van der Waals surface area contributed by atoms with E-state index < -0.39 is 12.1 Å². The van der Waals surface area contributed by atoms with E-state index >= 15 is 0 Å². The second-order valence-corrected chi connectivity index (χ2v) is 10.2. The van der Waals surface area contributed by atoms with E-state index in [1.165, 1.54) is 40.1 Å². The molecule has 2 N–H and O–H groups in total. The van der Waals surface area contributed by atoms with Gasteiger partial charge in [-0.05, 0) is 103 Å². The highest BCUT2D eigenvalue weighted by atomic mass is 16.3. The number of carbonyl (C=O) groups is 2. The zero-order chi connectivity index (χ0) is 28.9. The molecule has 2 aromatic carbocycles. The van der Waals surface area contributed by atoms with Crippen LogP contribution in [0.5, 0.6) is 0 Å². The lowest BCUT2D eigenvalue weighted by Crippen LogP contribution is -2.16. The van der Waals surface area contributed by atoms with Crippen LogP contribution in [-0.2, 0) is 9.59 Å². The fourth-order valence-corrected chi connectivity index (χ4v) is 5.13. The molecule has 2 aromatic rings. The van der Waals surface area contributed by atoms with Crippen molar-refractivity contribution in [2.45, 2.75) is 81.3 Å². The first kappa shape index (κ1) is 30.4. The minimum absolute atomic E-state index is 0.113. The topological polar surface area (TPSA) is 99.3 Å². The fourth-order valence-electron chi connectivity index (χ4n) is 5.13. The Morgan fingerprint density at radius 1 is 0.605 bits per heavy atom. The highest BCUT2D eigenvalue weighted by molar-refractivity contribution is 6.13. The van der Waals surface area contributed by atoms with Gasteiger partial charge < -0.3 is 10.2 Å². The van der Waals surface area contributed by atoms with E-state index in [1.807, 2.05) is 41.5 Å². The van der Waals surface area contributed by atoms with Gasteiger partial charge in [0.25, 0.3) is 0 Å². The number of hydrogen-bond acceptors (Lipinski definition) is 6. The Labute approximate surface area is 226 Å². The van der Waals surface area contributed by atoms with Crippen LogP contribution in [0.25, 0.3) is 0 Å². The summed E-state index contributed by atoms with van der Waals surface area (Å²) in [4.78, 5) is 34.3. The van der Waals surface area contributed by atoms with Crippen LogP contribution in [-0.4, -0.2) is 34.2 Å². The summed E-state index contributed by atoms with van der Waals surface area (Å²) in [6, 6.07) is 7.15. The first-order chi connectivity index (χ1) is 17.6. The molecule has 2 rings (SSSR count). The van der Waals surface area contributed by atoms with Crippen LogP contribution in [0.2, 0.25) is 0 Å². The number of allylic oxidation sites excluding steroid dienone is 4. The van der Waals surface area contributed by atoms with E-state index in [0.29, 0.717) is 0 Å². The SMILES string of the molecule is CC(=O)/C(C=NC(c1c(C)cc(C)cc1C)C(N=C/C(C(C)=O)=C(\C)O)c1c(C)cc(C)cc1C)=C(/C)O. The molecule has 6 nitrogen and oxygen atoms in total. The summed E-state index contributed by atoms with van der Waals surface area (Å²) >= 11 is 0. The van der Waals surface area contributed by atoms with Crippen LogP contribution >= 0.6 is 0 Å². The molecule has 6 heteroatoms. The molecular formula is C32H40N2O4. The molecule has 0 aliphatic rings. The van der Waals surface area contributed by atoms with Gasteiger partial charge in [-0.15, -0.1) is 0 Å². The maximum atomic E-state index is 12.3. The fraction of sp³-hybridized carbons (Fsp3) is 0.375. The molecule has 0 aliphatic carbocycles. The molecule has 0 spiro atoms. The Balaban J connectivity index is 3.01. The van der Waals surface area contributed by atoms with Crippen molar-refractivity contribution < 1.29 is 19.8 Å². The van der Waals surface area contributed by atoms with Crippen molar-refractivity contribution in [1.29, 1.82) is 0 Å². The van der Waals surface area contributed by atoms with Gasteiger partial charge in [-0.2, -0.15) is 0 Å². The first-order valence-corrected chi connectivity index (χ1v) is 12.7. The van der Waals surface area contributed by atoms with Crippen molar-refractivity contribution in [2.75, 3.05) is 0 Å². The second-order valence-electron chi connectivity index (χ2n) is 10.2. The summed E-state index contributed by atoms with van der Waals surface area (Å²) in [6.45, 7) is 17.8. The smallest absolute Gasteiger partial charge is 0.164 e. The van der Waals surface area contributed by atoms with Gasteiger partial charge in [-0.1, -0.05) is 35.4 Å². The van der Waals surface area contributed by atoms with Crippen LogP contribution in [0.1, 0.15) is 84.3 Å². The number of nitrogens with zero attached hydrogens (tertiary/aromatic N) is 2. The van der Waals surface area contributed by atoms with E-state index in [0.717, 1.165) is 44.5 Å². The summed E-state index contributed by atoms with van der Waals surface area (Å²) in [5, 5.41) is 20.3. The van der Waals surface area contributed by atoms with Crippen LogP contribution in [0.4, 0.5) is 0 Å². The molecule has 0 saturated carbocycles. The van der Waals surface area contributed by atoms with Crippen LogP contribution < -0.4 is 0 Å². The van der Waals surface area contributed by atoms with Gasteiger partial charge in [-0.3, -0.25) is 19.6 Å². The second kappa shape index (κ2) is 12.6. The number of carbonyl (C=O) groups excluding carboxylic acids is 2. The molecule has 202 valence electrons. The molecular weight excluding hydrogens is 476 g/mol. The van der Waals surface area contributed by atoms with Crippen molar-refractivity contribution in [1.82, 2.24) is 0 Å². The standard InChI is InChI=1S/C32H40N2O4/c1-17-11-19(3)29(20(4)12-17)31(33-15-27(23(7)35)24(8)36)32(34-16-28(25(9)37)26(10)38)30-21(5)13-18(2)14-22(30)6/h11-16,31-32,35,37H,1-10H3/b27-23-,28-25-,33-15?,34-16?. The summed E-state index contributed by atoms with van der Waals surface area (Å²) in [5.74, 6) is -0.828. The lowest BCUT2D eigenvalue weighted by atomic mass is 9.84. The highest BCUT2D eigenvalue weighted by Gasteiger charge is 2.29. The molecule has 0 bridgehead atoms. The van der Waals surface area contributed by atoms with Crippen molar-refractivity contribution in [2.24, 2.45) is 9.98 Å². The van der Waals surface area contributed by atoms with Gasteiger partial charge in [0.2, 0.25) is 0 Å². The average molecular weight is 517 g/mol. The first-order valence-electron chi connectivity index (χ1n) is 12.7. The molecule has 0 radical (unpaired) electrons. The molecule has 0 aromatic heterocycles. The normalized spacial score (nSPS) is 14.9. The van der Waals surface area contributed by atoms with Crippen LogP contribution in [0, 0.1) is 41.5 Å². The number of aliphatic hydroxyl groups is 2. The van der Waals surface area contributed by atoms with Crippen LogP contribution in [0.3, 0.4) is 0 Å². The Kier molecular flexibility index (Phi) is 10.1. The Morgan fingerprint density at radius 2 is 0.868 bits per heavy atom. The number of benzene rings is 2. The number of ketones is 2. The maximum absolute atomic E-state index is 12.3. The maximum Gasteiger partial charge on any atom is 0.164 e. The number of aliphatic imine (C=N–C) groups is 2. The van der Waals surface area contributed by atoms with Gasteiger partial charge in [0, 0.05) is 12.4 Å². The van der Waals surface area contributed by atoms with Gasteiger partial charge >= 0.3 is 0 Å². The molecule has 2 unspecified atom stereocenters. The summed E-state index contributed by atoms with van der Waals surface area (Å²) in [5.41, 5.74) is 8.42. The van der Waals surface area contributed by atoms with Crippen LogP contribution in [0.15, 0.2) is 56.9 Å². The van der Waals surface area contributed by atoms with E-state index in [2.05, 4.69) is 24.3 Å². The third kappa shape index (κ3) is 7.15. The van der Waals surface area contributed by atoms with Gasteiger partial charge in [-0.25, -0.2) is 0 Å². The van der Waals surface area contributed by atoms with E-state index in [9.17, 15) is 19.8 Å². The quantitative estimate of drug-likeness (QED) is 0.207. The van der Waals surface area contributed by atoms with Gasteiger partial charge in [0.1, 0.15) is 23.6 Å². The number of hydrogen-bond donors (Lipinski definition) is 2. The molecule has 0 amide bonds. The third-order valence-electron chi connectivity index (χ3n) is 6.63. The van der Waals surface area contributed by atoms with E-state index in [1.54, 1.807) is 0 Å². The number of aliphatic hydroxyl groups excluding tert-OH is 2. The summed E-state index contributed by atoms with van der Waals surface area (Å²) in [7, 11) is 0. The zero-order valence-corrected chi connectivity index (χ0v) is 24.2. The predicted octanol–water partition coefficient (Wildman–Crippen LogP) is 7.30. The Bertz CT molecular complexity index is 1220. The lowest BCUT2D eigenvalue weighted by molar-refractivity contribution is -0.114. The zero-order valence-electron chi connectivity index (χ0n) is 24.2. The molecule has 0 fully saturated rings. The largest absolute Gasteiger partial charge is 0.512 e. The molecule has 38 heavy (non-hydrogen) atoms. The molecule has 0 aliphatic heterocycles. The molecule has 0 heterocycles. The average Bonchev–Trinajstić information content (AvgIpc) is 2.74. The van der Waals surface area contributed by atoms with Gasteiger partial charge in [0.15, 0.2) is 11.6 Å². The minimum atomic E-state index is -0.590. The number of aryl methyl sites for hydroxylation is 6. The van der Waals surface area contributed by atoms with Crippen molar-refractivity contribution >= 4 is 24.0 Å². The Hall–Kier alpha value is -3.80. The van der Waals surface area contributed by atoms with Gasteiger partial charge in [0.05, 0.1) is 11.1 Å². The lowest BCUT2D eigenvalue weighted by Gasteiger charge is -2.28. The number of Topliss-reactive ketones (excluding diaryl/α,β-unsaturated/α-hetero) is 2. The van der Waals surface area contributed by atoms with E-state index in [-0.39, 0.29) is 34.2 Å². The highest BCUT2D eigenvalue weighted by Crippen LogP contribution is 2.41. The summed E-state index contributed by atoms with van der Waals surface area (Å²) < 4.78 is 0. The molecule has 2 atom stereocenters. The van der Waals surface area contributed by atoms with Crippen molar-refractivity contribution in [3.63, 3.8) is 0 Å². The van der Waals surface area contributed by atoms with E-state index in [4.69, 9.17) is 9.98 Å². The molecule has 0 saturated heterocycles. The minimum Gasteiger partial charge on any atom is -0.512 e.